The fraction of sp³-hybridized carbons (Fsp3) is 1.00. The van der Waals surface area contributed by atoms with Gasteiger partial charge in [-0.15, -0.1) is 0 Å². The molecule has 0 saturated carbocycles. The molecule has 0 aliphatic rings. The van der Waals surface area contributed by atoms with E-state index in [9.17, 15) is 43.9 Å². The molecule has 0 aromatic heterocycles. The van der Waals surface area contributed by atoms with Gasteiger partial charge < -0.3 is 14.2 Å². The first kappa shape index (κ1) is 25.2. The third-order valence-corrected chi connectivity index (χ3v) is 3.23. The van der Waals surface area contributed by atoms with Crippen molar-refractivity contribution < 1.29 is 58.1 Å². The molecule has 0 saturated heterocycles. The van der Waals surface area contributed by atoms with Crippen LogP contribution < -0.4 is 0 Å². The number of halogens is 10. The standard InChI is InChI=1S/C13H18F10O3/c1-3-9(2,6-25-8-11(16,17)13(21,22)23)26-5-4-24-7-10(14,15)12(18,19)20/h3-8H2,1-2H3. The normalized spacial score (nSPS) is 16.6. The molecule has 158 valence electrons. The Morgan fingerprint density at radius 2 is 1.04 bits per heavy atom. The lowest BCUT2D eigenvalue weighted by atomic mass is 10.1. The van der Waals surface area contributed by atoms with Crippen LogP contribution >= 0.6 is 0 Å². The Bertz CT molecular complexity index is 421. The zero-order valence-corrected chi connectivity index (χ0v) is 13.7. The summed E-state index contributed by atoms with van der Waals surface area (Å²) in [7, 11) is 0. The second-order valence-corrected chi connectivity index (χ2v) is 5.60. The van der Waals surface area contributed by atoms with Crippen LogP contribution in [0.4, 0.5) is 43.9 Å². The van der Waals surface area contributed by atoms with Crippen LogP contribution in [0.2, 0.25) is 0 Å². The minimum absolute atomic E-state index is 0.0727. The first-order valence-corrected chi connectivity index (χ1v) is 7.16. The monoisotopic (exact) mass is 412 g/mol. The topological polar surface area (TPSA) is 27.7 Å². The highest BCUT2D eigenvalue weighted by molar-refractivity contribution is 4.78. The number of ether oxygens (including phenoxy) is 3. The Hall–Kier alpha value is -0.820. The van der Waals surface area contributed by atoms with E-state index in [1.54, 1.807) is 0 Å². The van der Waals surface area contributed by atoms with Crippen molar-refractivity contribution in [3.8, 4) is 0 Å². The molecule has 1 atom stereocenters. The van der Waals surface area contributed by atoms with Crippen LogP contribution in [-0.2, 0) is 14.2 Å². The summed E-state index contributed by atoms with van der Waals surface area (Å²) in [5, 5.41) is 0. The lowest BCUT2D eigenvalue weighted by molar-refractivity contribution is -0.300. The molecular weight excluding hydrogens is 394 g/mol. The van der Waals surface area contributed by atoms with E-state index < -0.39 is 62.8 Å². The van der Waals surface area contributed by atoms with E-state index in [4.69, 9.17) is 4.74 Å². The Morgan fingerprint density at radius 1 is 0.615 bits per heavy atom. The maximum Gasteiger partial charge on any atom is 0.455 e. The number of rotatable bonds is 11. The number of hydrogen-bond donors (Lipinski definition) is 0. The fourth-order valence-electron chi connectivity index (χ4n) is 1.35. The van der Waals surface area contributed by atoms with E-state index in [-0.39, 0.29) is 6.42 Å². The van der Waals surface area contributed by atoms with E-state index in [2.05, 4.69) is 9.47 Å². The molecule has 0 bridgehead atoms. The van der Waals surface area contributed by atoms with Crippen molar-refractivity contribution in [2.75, 3.05) is 33.0 Å². The van der Waals surface area contributed by atoms with Gasteiger partial charge in [0.1, 0.15) is 13.2 Å². The summed E-state index contributed by atoms with van der Waals surface area (Å²) in [5.74, 6) is -10.1. The molecule has 26 heavy (non-hydrogen) atoms. The van der Waals surface area contributed by atoms with Gasteiger partial charge in [-0.25, -0.2) is 0 Å². The van der Waals surface area contributed by atoms with Gasteiger partial charge in [-0.2, -0.15) is 43.9 Å². The third-order valence-electron chi connectivity index (χ3n) is 3.23. The number of alkyl halides is 10. The molecule has 3 nitrogen and oxygen atoms in total. The molecule has 0 aromatic rings. The highest BCUT2D eigenvalue weighted by atomic mass is 19.4. The molecule has 13 heteroatoms. The van der Waals surface area contributed by atoms with Gasteiger partial charge in [0.25, 0.3) is 0 Å². The predicted molar refractivity (Wildman–Crippen MR) is 68.3 cm³/mol. The average Bonchev–Trinajstić information content (AvgIpc) is 2.44. The Balaban J connectivity index is 4.29. The van der Waals surface area contributed by atoms with Gasteiger partial charge in [0, 0.05) is 0 Å². The highest BCUT2D eigenvalue weighted by Crippen LogP contribution is 2.36. The van der Waals surface area contributed by atoms with Gasteiger partial charge in [0.2, 0.25) is 0 Å². The van der Waals surface area contributed by atoms with Crippen LogP contribution in [0.5, 0.6) is 0 Å². The van der Waals surface area contributed by atoms with Crippen LogP contribution in [0.1, 0.15) is 20.3 Å². The van der Waals surface area contributed by atoms with Crippen LogP contribution in [0.3, 0.4) is 0 Å². The van der Waals surface area contributed by atoms with Crippen molar-refractivity contribution in [2.24, 2.45) is 0 Å². The van der Waals surface area contributed by atoms with Gasteiger partial charge in [0.15, 0.2) is 0 Å². The number of hydrogen-bond acceptors (Lipinski definition) is 3. The molecule has 0 heterocycles. The van der Waals surface area contributed by atoms with Gasteiger partial charge in [0.05, 0.1) is 25.4 Å². The maximum atomic E-state index is 12.7. The molecule has 1 unspecified atom stereocenters. The Morgan fingerprint density at radius 3 is 1.42 bits per heavy atom. The van der Waals surface area contributed by atoms with Crippen molar-refractivity contribution in [3.05, 3.63) is 0 Å². The summed E-state index contributed by atoms with van der Waals surface area (Å²) < 4.78 is 136. The quantitative estimate of drug-likeness (QED) is 0.367. The van der Waals surface area contributed by atoms with E-state index in [0.717, 1.165) is 0 Å². The minimum Gasteiger partial charge on any atom is -0.372 e. The Kier molecular flexibility index (Phi) is 8.63. The second kappa shape index (κ2) is 8.91. The maximum absolute atomic E-state index is 12.7. The second-order valence-electron chi connectivity index (χ2n) is 5.60. The van der Waals surface area contributed by atoms with Gasteiger partial charge in [-0.05, 0) is 13.3 Å². The fourth-order valence-corrected chi connectivity index (χ4v) is 1.35. The first-order valence-electron chi connectivity index (χ1n) is 7.16. The van der Waals surface area contributed by atoms with Crippen molar-refractivity contribution in [2.45, 2.75) is 50.1 Å². The van der Waals surface area contributed by atoms with E-state index in [1.165, 1.54) is 13.8 Å². The zero-order valence-electron chi connectivity index (χ0n) is 13.7. The summed E-state index contributed by atoms with van der Waals surface area (Å²) in [6.07, 6.45) is -11.5. The van der Waals surface area contributed by atoms with Crippen LogP contribution in [0.25, 0.3) is 0 Å². The third kappa shape index (κ3) is 7.82. The SMILES string of the molecule is CCC(C)(COCC(F)(F)C(F)(F)F)OCCOCC(F)(F)C(F)(F)F. The molecule has 0 N–H and O–H groups in total. The predicted octanol–water partition coefficient (Wildman–Crippen LogP) is 4.60. The van der Waals surface area contributed by atoms with Crippen LogP contribution in [0, 0.1) is 0 Å². The zero-order chi connectivity index (χ0) is 20.9. The average molecular weight is 412 g/mol. The van der Waals surface area contributed by atoms with E-state index in [1.807, 2.05) is 0 Å². The molecule has 0 amide bonds. The summed E-state index contributed by atoms with van der Waals surface area (Å²) >= 11 is 0. The van der Waals surface area contributed by atoms with Gasteiger partial charge in [-0.1, -0.05) is 6.92 Å². The largest absolute Gasteiger partial charge is 0.455 e. The lowest BCUT2D eigenvalue weighted by Crippen LogP contribution is -2.43. The summed E-state index contributed by atoms with van der Waals surface area (Å²) in [6.45, 7) is -2.99. The van der Waals surface area contributed by atoms with E-state index >= 15 is 0 Å². The summed E-state index contributed by atoms with van der Waals surface area (Å²) in [6, 6.07) is 0. The van der Waals surface area contributed by atoms with Gasteiger partial charge >= 0.3 is 24.2 Å². The smallest absolute Gasteiger partial charge is 0.372 e. The minimum atomic E-state index is -5.78. The molecule has 0 rings (SSSR count). The molecule has 0 fully saturated rings. The molecule has 0 aliphatic heterocycles. The van der Waals surface area contributed by atoms with Crippen molar-refractivity contribution in [1.29, 1.82) is 0 Å². The first-order chi connectivity index (χ1) is 11.5. The Labute approximate surface area is 142 Å². The van der Waals surface area contributed by atoms with Crippen molar-refractivity contribution in [3.63, 3.8) is 0 Å². The lowest BCUT2D eigenvalue weighted by Gasteiger charge is -2.30. The van der Waals surface area contributed by atoms with Gasteiger partial charge in [-0.3, -0.25) is 0 Å². The van der Waals surface area contributed by atoms with E-state index in [0.29, 0.717) is 0 Å². The summed E-state index contributed by atoms with van der Waals surface area (Å²) in [5.41, 5.74) is -1.36. The molecule has 0 spiro atoms. The van der Waals surface area contributed by atoms with Crippen LogP contribution in [0.15, 0.2) is 0 Å². The van der Waals surface area contributed by atoms with Crippen molar-refractivity contribution in [1.82, 2.24) is 0 Å². The molecular formula is C13H18F10O3. The van der Waals surface area contributed by atoms with Crippen LogP contribution in [-0.4, -0.2) is 62.8 Å². The summed E-state index contributed by atoms with van der Waals surface area (Å²) in [4.78, 5) is 0. The highest BCUT2D eigenvalue weighted by Gasteiger charge is 2.58. The molecule has 0 aliphatic carbocycles. The molecule has 0 aromatic carbocycles. The molecule has 0 radical (unpaired) electrons. The van der Waals surface area contributed by atoms with Crippen molar-refractivity contribution >= 4 is 0 Å².